The molecule has 2 fully saturated rings. The first kappa shape index (κ1) is 12.7. The molecule has 0 N–H and O–H groups in total. The topological polar surface area (TPSA) is 18.5 Å². The predicted octanol–water partition coefficient (Wildman–Crippen LogP) is 4.00. The van der Waals surface area contributed by atoms with E-state index in [0.29, 0.717) is 12.2 Å². The van der Waals surface area contributed by atoms with Crippen LogP contribution >= 0.6 is 0 Å². The molecule has 2 heteroatoms. The minimum absolute atomic E-state index is 0.430. The highest BCUT2D eigenvalue weighted by Gasteiger charge is 2.28. The molecule has 3 aliphatic rings. The van der Waals surface area contributed by atoms with E-state index in [1.165, 1.54) is 64.2 Å². The van der Waals surface area contributed by atoms with Gasteiger partial charge < -0.3 is 9.47 Å². The molecule has 1 aliphatic carbocycles. The quantitative estimate of drug-likeness (QED) is 0.690. The molecule has 0 radical (unpaired) electrons. The van der Waals surface area contributed by atoms with Crippen LogP contribution in [0.5, 0.6) is 0 Å². The lowest BCUT2D eigenvalue weighted by Crippen LogP contribution is -2.29. The second-order valence-corrected chi connectivity index (χ2v) is 5.97. The largest absolute Gasteiger partial charge is 0.374 e. The maximum Gasteiger partial charge on any atom is 0.0788 e. The van der Waals surface area contributed by atoms with Crippen molar-refractivity contribution in [2.24, 2.45) is 0 Å². The fourth-order valence-electron chi connectivity index (χ4n) is 3.72. The molecule has 2 unspecified atom stereocenters. The van der Waals surface area contributed by atoms with Crippen molar-refractivity contribution in [3.8, 4) is 0 Å². The Hall–Kier alpha value is -0.340. The summed E-state index contributed by atoms with van der Waals surface area (Å²) in [6, 6.07) is 0. The number of hydrogen-bond donors (Lipinski definition) is 0. The molecule has 3 rings (SSSR count). The maximum atomic E-state index is 6.03. The second kappa shape index (κ2) is 6.21. The van der Waals surface area contributed by atoms with Crippen LogP contribution in [0.1, 0.15) is 64.2 Å². The van der Waals surface area contributed by atoms with E-state index < -0.39 is 0 Å². The van der Waals surface area contributed by atoms with Gasteiger partial charge in [0.1, 0.15) is 0 Å². The van der Waals surface area contributed by atoms with Crippen molar-refractivity contribution >= 4 is 0 Å². The average molecular weight is 250 g/mol. The Balaban J connectivity index is 1.77. The van der Waals surface area contributed by atoms with Crippen LogP contribution in [0.15, 0.2) is 11.1 Å². The number of ether oxygens (including phenoxy) is 2. The summed E-state index contributed by atoms with van der Waals surface area (Å²) < 4.78 is 12.1. The van der Waals surface area contributed by atoms with Crippen molar-refractivity contribution in [2.45, 2.75) is 76.4 Å². The molecule has 2 nitrogen and oxygen atoms in total. The summed E-state index contributed by atoms with van der Waals surface area (Å²) >= 11 is 0. The molecule has 0 saturated carbocycles. The van der Waals surface area contributed by atoms with Crippen LogP contribution in [0.25, 0.3) is 0 Å². The number of rotatable bonds is 2. The van der Waals surface area contributed by atoms with Gasteiger partial charge >= 0.3 is 0 Å². The fraction of sp³-hybridized carbons (Fsp3) is 0.875. The lowest BCUT2D eigenvalue weighted by molar-refractivity contribution is 0.0202. The summed E-state index contributed by atoms with van der Waals surface area (Å²) in [5, 5.41) is 0. The Morgan fingerprint density at radius 1 is 0.611 bits per heavy atom. The van der Waals surface area contributed by atoms with Crippen LogP contribution in [-0.2, 0) is 9.47 Å². The molecule has 0 spiro atoms. The molecule has 2 heterocycles. The summed E-state index contributed by atoms with van der Waals surface area (Å²) in [5.74, 6) is 0. The molecular formula is C16H26O2. The molecule has 18 heavy (non-hydrogen) atoms. The molecule has 102 valence electrons. The van der Waals surface area contributed by atoms with Gasteiger partial charge in [0.15, 0.2) is 0 Å². The normalized spacial score (nSPS) is 34.7. The van der Waals surface area contributed by atoms with Gasteiger partial charge in [-0.15, -0.1) is 0 Å². The van der Waals surface area contributed by atoms with Crippen LogP contribution in [0.4, 0.5) is 0 Å². The fourth-order valence-corrected chi connectivity index (χ4v) is 3.72. The first-order valence-electron chi connectivity index (χ1n) is 7.90. The van der Waals surface area contributed by atoms with Crippen molar-refractivity contribution in [1.82, 2.24) is 0 Å². The zero-order valence-electron chi connectivity index (χ0n) is 11.5. The minimum Gasteiger partial charge on any atom is -0.374 e. The van der Waals surface area contributed by atoms with Crippen LogP contribution in [-0.4, -0.2) is 25.4 Å². The van der Waals surface area contributed by atoms with E-state index in [9.17, 15) is 0 Å². The Morgan fingerprint density at radius 3 is 1.50 bits per heavy atom. The SMILES string of the molecule is C1CCC(C2=C(C3CCCCO3)CCCC2)OC1. The van der Waals surface area contributed by atoms with E-state index in [4.69, 9.17) is 9.47 Å². The Morgan fingerprint density at radius 2 is 1.11 bits per heavy atom. The first-order chi connectivity index (χ1) is 8.95. The summed E-state index contributed by atoms with van der Waals surface area (Å²) in [6.07, 6.45) is 13.8. The van der Waals surface area contributed by atoms with Gasteiger partial charge in [-0.1, -0.05) is 0 Å². The van der Waals surface area contributed by atoms with Gasteiger partial charge in [-0.2, -0.15) is 0 Å². The maximum absolute atomic E-state index is 6.03. The third-order valence-electron chi connectivity index (χ3n) is 4.69. The number of hydrogen-bond acceptors (Lipinski definition) is 2. The van der Waals surface area contributed by atoms with Crippen molar-refractivity contribution in [3.63, 3.8) is 0 Å². The zero-order valence-corrected chi connectivity index (χ0v) is 11.5. The standard InChI is InChI=1S/C16H26O2/c1-2-8-14(16-10-4-6-12-18-16)13(7-1)15-9-3-5-11-17-15/h15-16H,1-12H2. The van der Waals surface area contributed by atoms with Gasteiger partial charge in [-0.3, -0.25) is 0 Å². The highest BCUT2D eigenvalue weighted by atomic mass is 16.5. The van der Waals surface area contributed by atoms with Gasteiger partial charge in [0.25, 0.3) is 0 Å². The van der Waals surface area contributed by atoms with Crippen LogP contribution < -0.4 is 0 Å². The molecule has 0 amide bonds. The molecule has 2 atom stereocenters. The third-order valence-corrected chi connectivity index (χ3v) is 4.69. The van der Waals surface area contributed by atoms with Gasteiger partial charge in [0.05, 0.1) is 12.2 Å². The Labute approximate surface area is 111 Å². The average Bonchev–Trinajstić information content (AvgIpc) is 2.49. The second-order valence-electron chi connectivity index (χ2n) is 5.97. The summed E-state index contributed by atoms with van der Waals surface area (Å²) in [6.45, 7) is 1.93. The molecule has 0 bridgehead atoms. The summed E-state index contributed by atoms with van der Waals surface area (Å²) in [7, 11) is 0. The van der Waals surface area contributed by atoms with Gasteiger partial charge in [-0.25, -0.2) is 0 Å². The highest BCUT2D eigenvalue weighted by Crippen LogP contribution is 2.36. The molecule has 0 aromatic heterocycles. The lowest BCUT2D eigenvalue weighted by atomic mass is 9.82. The predicted molar refractivity (Wildman–Crippen MR) is 72.7 cm³/mol. The smallest absolute Gasteiger partial charge is 0.0788 e. The third kappa shape index (κ3) is 2.80. The van der Waals surface area contributed by atoms with E-state index in [1.807, 2.05) is 0 Å². The van der Waals surface area contributed by atoms with E-state index in [2.05, 4.69) is 0 Å². The van der Waals surface area contributed by atoms with E-state index in [1.54, 1.807) is 11.1 Å². The summed E-state index contributed by atoms with van der Waals surface area (Å²) in [4.78, 5) is 0. The van der Waals surface area contributed by atoms with E-state index in [-0.39, 0.29) is 0 Å². The van der Waals surface area contributed by atoms with Crippen LogP contribution in [0, 0.1) is 0 Å². The zero-order chi connectivity index (χ0) is 12.2. The van der Waals surface area contributed by atoms with Crippen molar-refractivity contribution in [3.05, 3.63) is 11.1 Å². The molecule has 0 aromatic rings. The first-order valence-corrected chi connectivity index (χ1v) is 7.90. The molecule has 2 aliphatic heterocycles. The molecule has 2 saturated heterocycles. The Kier molecular flexibility index (Phi) is 4.37. The highest BCUT2D eigenvalue weighted by molar-refractivity contribution is 5.25. The van der Waals surface area contributed by atoms with E-state index >= 15 is 0 Å². The van der Waals surface area contributed by atoms with Crippen molar-refractivity contribution in [2.75, 3.05) is 13.2 Å². The Bertz CT molecular complexity index is 266. The summed E-state index contributed by atoms with van der Waals surface area (Å²) in [5.41, 5.74) is 3.26. The lowest BCUT2D eigenvalue weighted by Gasteiger charge is -2.34. The molecule has 0 aromatic carbocycles. The minimum atomic E-state index is 0.430. The van der Waals surface area contributed by atoms with Crippen LogP contribution in [0.3, 0.4) is 0 Å². The van der Waals surface area contributed by atoms with Crippen LogP contribution in [0.2, 0.25) is 0 Å². The van der Waals surface area contributed by atoms with Crippen molar-refractivity contribution in [1.29, 1.82) is 0 Å². The van der Waals surface area contributed by atoms with E-state index in [0.717, 1.165) is 13.2 Å². The van der Waals surface area contributed by atoms with Crippen molar-refractivity contribution < 1.29 is 9.47 Å². The van der Waals surface area contributed by atoms with Gasteiger partial charge in [-0.05, 0) is 75.4 Å². The monoisotopic (exact) mass is 250 g/mol. The molecular weight excluding hydrogens is 224 g/mol. The van der Waals surface area contributed by atoms with Gasteiger partial charge in [0.2, 0.25) is 0 Å². The van der Waals surface area contributed by atoms with Gasteiger partial charge in [0, 0.05) is 13.2 Å².